The van der Waals surface area contributed by atoms with Crippen molar-refractivity contribution in [1.29, 1.82) is 0 Å². The van der Waals surface area contributed by atoms with Gasteiger partial charge in [-0.25, -0.2) is 9.78 Å². The van der Waals surface area contributed by atoms with Crippen molar-refractivity contribution in [2.24, 2.45) is 11.8 Å². The lowest BCUT2D eigenvalue weighted by Gasteiger charge is -2.22. The van der Waals surface area contributed by atoms with Crippen molar-refractivity contribution < 1.29 is 9.53 Å². The topological polar surface area (TPSA) is 121 Å². The van der Waals surface area contributed by atoms with Crippen LogP contribution in [-0.2, 0) is 16.0 Å². The van der Waals surface area contributed by atoms with Gasteiger partial charge in [-0.15, -0.1) is 0 Å². The summed E-state index contributed by atoms with van der Waals surface area (Å²) in [5.41, 5.74) is -0.440. The van der Waals surface area contributed by atoms with Crippen LogP contribution in [0.2, 0.25) is 0 Å². The van der Waals surface area contributed by atoms with E-state index in [1.807, 2.05) is 0 Å². The van der Waals surface area contributed by atoms with Gasteiger partial charge in [-0.05, 0) is 24.7 Å². The maximum Gasteiger partial charge on any atom is 0.327 e. The predicted octanol–water partition coefficient (Wildman–Crippen LogP) is 1.63. The summed E-state index contributed by atoms with van der Waals surface area (Å²) in [5.74, 6) is 1.59. The summed E-state index contributed by atoms with van der Waals surface area (Å²) in [6, 6.07) is 0. The molecule has 2 heterocycles. The molecular formula is C17H24N4O4. The van der Waals surface area contributed by atoms with Gasteiger partial charge >= 0.3 is 11.7 Å². The van der Waals surface area contributed by atoms with Gasteiger partial charge in [-0.3, -0.25) is 19.6 Å². The fourth-order valence-corrected chi connectivity index (χ4v) is 3.87. The zero-order chi connectivity index (χ0) is 17.8. The van der Waals surface area contributed by atoms with Crippen LogP contribution in [0.25, 0.3) is 11.2 Å². The second kappa shape index (κ2) is 7.67. The molecule has 1 aliphatic rings. The largest absolute Gasteiger partial charge is 0.469 e. The molecule has 25 heavy (non-hydrogen) atoms. The highest BCUT2D eigenvalue weighted by Crippen LogP contribution is 2.36. The molecule has 8 nitrogen and oxygen atoms in total. The number of methoxy groups -OCH3 is 1. The minimum atomic E-state index is -0.558. The maximum absolute atomic E-state index is 11.8. The molecular weight excluding hydrogens is 324 g/mol. The summed E-state index contributed by atoms with van der Waals surface area (Å²) < 4.78 is 4.76. The summed E-state index contributed by atoms with van der Waals surface area (Å²) in [6.45, 7) is 0. The first kappa shape index (κ1) is 17.4. The van der Waals surface area contributed by atoms with E-state index in [0.29, 0.717) is 36.0 Å². The number of aromatic amines is 3. The number of H-pyrrole nitrogens is 3. The number of esters is 1. The van der Waals surface area contributed by atoms with Crippen molar-refractivity contribution in [3.63, 3.8) is 0 Å². The van der Waals surface area contributed by atoms with Crippen molar-refractivity contribution in [2.75, 3.05) is 7.11 Å². The smallest absolute Gasteiger partial charge is 0.327 e. The monoisotopic (exact) mass is 348 g/mol. The number of nitrogens with zero attached hydrogens (tertiary/aromatic N) is 1. The molecule has 0 spiro atoms. The number of hydrogen-bond acceptors (Lipinski definition) is 5. The second-order valence-electron chi connectivity index (χ2n) is 6.77. The van der Waals surface area contributed by atoms with Crippen molar-refractivity contribution in [2.45, 2.75) is 51.4 Å². The summed E-state index contributed by atoms with van der Waals surface area (Å²) in [4.78, 5) is 46.6. The Morgan fingerprint density at radius 3 is 2.68 bits per heavy atom. The minimum absolute atomic E-state index is 0.171. The average Bonchev–Trinajstić information content (AvgIpc) is 3.24. The summed E-state index contributed by atoms with van der Waals surface area (Å²) >= 11 is 0. The number of ether oxygens (including phenoxy) is 1. The number of carbonyl (C=O) groups excluding carboxylic acids is 1. The van der Waals surface area contributed by atoms with E-state index in [1.165, 1.54) is 32.8 Å². The van der Waals surface area contributed by atoms with Crippen molar-refractivity contribution >= 4 is 17.1 Å². The van der Waals surface area contributed by atoms with Gasteiger partial charge in [-0.2, -0.15) is 0 Å². The third-order valence-electron chi connectivity index (χ3n) is 5.20. The lowest BCUT2D eigenvalue weighted by atomic mass is 9.83. The Kier molecular flexibility index (Phi) is 5.35. The molecule has 0 aliphatic heterocycles. The van der Waals surface area contributed by atoms with E-state index in [-0.39, 0.29) is 11.6 Å². The Morgan fingerprint density at radius 1 is 1.20 bits per heavy atom. The van der Waals surface area contributed by atoms with Crippen LogP contribution in [0.4, 0.5) is 0 Å². The van der Waals surface area contributed by atoms with Crippen LogP contribution in [0, 0.1) is 11.8 Å². The lowest BCUT2D eigenvalue weighted by molar-refractivity contribution is -0.141. The van der Waals surface area contributed by atoms with Gasteiger partial charge in [0.2, 0.25) is 0 Å². The third-order valence-corrected chi connectivity index (χ3v) is 5.20. The van der Waals surface area contributed by atoms with E-state index in [4.69, 9.17) is 4.74 Å². The van der Waals surface area contributed by atoms with Crippen LogP contribution in [0.1, 0.15) is 50.8 Å². The van der Waals surface area contributed by atoms with Gasteiger partial charge in [0.25, 0.3) is 5.56 Å². The van der Waals surface area contributed by atoms with Crippen LogP contribution in [0.15, 0.2) is 9.59 Å². The molecule has 0 bridgehead atoms. The Bertz CT molecular complexity index is 844. The molecule has 1 atom stereocenters. The number of hydrogen-bond donors (Lipinski definition) is 3. The molecule has 1 fully saturated rings. The first-order chi connectivity index (χ1) is 12.1. The number of aryl methyl sites for hydroxylation is 1. The van der Waals surface area contributed by atoms with Gasteiger partial charge in [0.15, 0.2) is 5.65 Å². The van der Waals surface area contributed by atoms with Gasteiger partial charge in [0.1, 0.15) is 11.3 Å². The van der Waals surface area contributed by atoms with Crippen molar-refractivity contribution in [1.82, 2.24) is 19.9 Å². The van der Waals surface area contributed by atoms with Gasteiger partial charge in [0, 0.05) is 12.8 Å². The van der Waals surface area contributed by atoms with Crippen LogP contribution in [0.5, 0.6) is 0 Å². The molecule has 1 unspecified atom stereocenters. The first-order valence-electron chi connectivity index (χ1n) is 8.85. The number of imidazole rings is 1. The Morgan fingerprint density at radius 2 is 1.96 bits per heavy atom. The number of carbonyl (C=O) groups is 1. The van der Waals surface area contributed by atoms with Crippen LogP contribution in [0.3, 0.4) is 0 Å². The van der Waals surface area contributed by atoms with E-state index in [0.717, 1.165) is 12.8 Å². The number of rotatable bonds is 7. The number of aromatic nitrogens is 4. The maximum atomic E-state index is 11.8. The molecule has 3 N–H and O–H groups in total. The molecule has 0 amide bonds. The minimum Gasteiger partial charge on any atom is -0.469 e. The molecule has 1 saturated carbocycles. The molecule has 1 aliphatic carbocycles. The highest BCUT2D eigenvalue weighted by Gasteiger charge is 2.25. The molecule has 8 heteroatoms. The average molecular weight is 348 g/mol. The Balaban J connectivity index is 1.69. The summed E-state index contributed by atoms with van der Waals surface area (Å²) in [7, 11) is 1.42. The van der Waals surface area contributed by atoms with E-state index < -0.39 is 11.2 Å². The first-order valence-corrected chi connectivity index (χ1v) is 8.85. The van der Waals surface area contributed by atoms with Gasteiger partial charge in [-0.1, -0.05) is 25.7 Å². The number of fused-ring (bicyclic) bond motifs is 1. The quantitative estimate of drug-likeness (QED) is 0.657. The van der Waals surface area contributed by atoms with E-state index in [9.17, 15) is 14.4 Å². The predicted molar refractivity (Wildman–Crippen MR) is 92.4 cm³/mol. The van der Waals surface area contributed by atoms with Crippen LogP contribution in [-0.4, -0.2) is 33.0 Å². The molecule has 3 rings (SSSR count). The molecule has 2 aromatic rings. The number of nitrogens with one attached hydrogen (secondary N) is 3. The Labute approximate surface area is 144 Å². The fraction of sp³-hybridized carbons (Fsp3) is 0.647. The van der Waals surface area contributed by atoms with E-state index in [2.05, 4.69) is 19.9 Å². The fourth-order valence-electron chi connectivity index (χ4n) is 3.87. The van der Waals surface area contributed by atoms with Crippen molar-refractivity contribution in [3.8, 4) is 0 Å². The third kappa shape index (κ3) is 4.18. The van der Waals surface area contributed by atoms with E-state index in [1.54, 1.807) is 0 Å². The summed E-state index contributed by atoms with van der Waals surface area (Å²) in [5, 5.41) is 0. The molecule has 0 saturated heterocycles. The van der Waals surface area contributed by atoms with Crippen LogP contribution >= 0.6 is 0 Å². The van der Waals surface area contributed by atoms with E-state index >= 15 is 0 Å². The highest BCUT2D eigenvalue weighted by molar-refractivity contribution is 5.69. The highest BCUT2D eigenvalue weighted by atomic mass is 16.5. The van der Waals surface area contributed by atoms with Gasteiger partial charge in [0.05, 0.1) is 7.11 Å². The molecule has 0 radical (unpaired) electrons. The lowest BCUT2D eigenvalue weighted by Crippen LogP contribution is -2.21. The van der Waals surface area contributed by atoms with Crippen LogP contribution < -0.4 is 11.2 Å². The zero-order valence-corrected chi connectivity index (χ0v) is 14.4. The SMILES string of the molecule is COC(=O)CCC(CCc1nc2[nH]c(=O)[nH]c(=O)c2[nH]1)C1CCCC1. The molecule has 0 aromatic carbocycles. The standard InChI is InChI=1S/C17H24N4O4/c1-25-13(22)9-7-11(10-4-2-3-5-10)6-8-12-18-14-15(19-12)20-17(24)21-16(14)23/h10-11H,2-9H2,1H3,(H3,18,19,20,21,23,24). The second-order valence-corrected chi connectivity index (χ2v) is 6.77. The molecule has 136 valence electrons. The van der Waals surface area contributed by atoms with Crippen molar-refractivity contribution in [3.05, 3.63) is 26.7 Å². The zero-order valence-electron chi connectivity index (χ0n) is 14.4. The Hall–Kier alpha value is -2.38. The molecule has 2 aromatic heterocycles. The van der Waals surface area contributed by atoms with Gasteiger partial charge < -0.3 is 9.72 Å². The normalized spacial score (nSPS) is 16.4. The summed E-state index contributed by atoms with van der Waals surface area (Å²) in [6.07, 6.45) is 7.74.